The zero-order valence-corrected chi connectivity index (χ0v) is 15.0. The summed E-state index contributed by atoms with van der Waals surface area (Å²) >= 11 is 0. The van der Waals surface area contributed by atoms with Crippen molar-refractivity contribution in [1.29, 1.82) is 0 Å². The van der Waals surface area contributed by atoms with Gasteiger partial charge in [0, 0.05) is 32.2 Å². The van der Waals surface area contributed by atoms with E-state index in [1.165, 1.54) is 16.3 Å². The fourth-order valence-electron chi connectivity index (χ4n) is 3.40. The van der Waals surface area contributed by atoms with Crippen molar-refractivity contribution < 1.29 is 4.74 Å². The SMILES string of the molecule is c1cc(OCCCc2ccc3ccccc3c2)nc(N2CCNCC2)c1. The standard InChI is InChI=1S/C22H25N3O/c1-2-7-20-17-18(10-11-19(20)6-1)5-4-16-26-22-9-3-8-21(24-22)25-14-12-23-13-15-25/h1-3,6-11,17,23H,4-5,12-16H2. The molecule has 134 valence electrons. The Kier molecular flexibility index (Phi) is 5.31. The summed E-state index contributed by atoms with van der Waals surface area (Å²) in [6.45, 7) is 4.71. The minimum Gasteiger partial charge on any atom is -0.478 e. The van der Waals surface area contributed by atoms with E-state index in [0.717, 1.165) is 50.7 Å². The summed E-state index contributed by atoms with van der Waals surface area (Å²) in [6.07, 6.45) is 2.00. The summed E-state index contributed by atoms with van der Waals surface area (Å²) in [6, 6.07) is 21.2. The molecule has 1 saturated heterocycles. The number of rotatable bonds is 6. The Hall–Kier alpha value is -2.59. The van der Waals surface area contributed by atoms with E-state index in [4.69, 9.17) is 4.74 Å². The normalized spacial score (nSPS) is 14.5. The first-order valence-electron chi connectivity index (χ1n) is 9.42. The van der Waals surface area contributed by atoms with E-state index in [-0.39, 0.29) is 0 Å². The maximum Gasteiger partial charge on any atom is 0.215 e. The third-order valence-electron chi connectivity index (χ3n) is 4.82. The minimum absolute atomic E-state index is 0.685. The molecule has 0 bridgehead atoms. The molecular formula is C22H25N3O. The molecule has 1 N–H and O–H groups in total. The molecule has 0 spiro atoms. The van der Waals surface area contributed by atoms with E-state index in [2.05, 4.69) is 63.7 Å². The molecule has 1 aliphatic rings. The van der Waals surface area contributed by atoms with Crippen molar-refractivity contribution in [3.63, 3.8) is 0 Å². The zero-order valence-electron chi connectivity index (χ0n) is 15.0. The van der Waals surface area contributed by atoms with E-state index < -0.39 is 0 Å². The van der Waals surface area contributed by atoms with E-state index >= 15 is 0 Å². The molecule has 0 atom stereocenters. The highest BCUT2D eigenvalue weighted by molar-refractivity contribution is 5.82. The summed E-state index contributed by atoms with van der Waals surface area (Å²) in [5.74, 6) is 1.73. The molecular weight excluding hydrogens is 322 g/mol. The van der Waals surface area contributed by atoms with Crippen molar-refractivity contribution in [2.24, 2.45) is 0 Å². The molecule has 2 aromatic carbocycles. The van der Waals surface area contributed by atoms with Crippen LogP contribution in [-0.4, -0.2) is 37.8 Å². The van der Waals surface area contributed by atoms with Crippen LogP contribution in [0.5, 0.6) is 5.88 Å². The van der Waals surface area contributed by atoms with Crippen molar-refractivity contribution in [3.8, 4) is 5.88 Å². The molecule has 0 aliphatic carbocycles. The quantitative estimate of drug-likeness (QED) is 0.691. The third-order valence-corrected chi connectivity index (χ3v) is 4.82. The lowest BCUT2D eigenvalue weighted by Crippen LogP contribution is -2.43. The van der Waals surface area contributed by atoms with Crippen molar-refractivity contribution in [1.82, 2.24) is 10.3 Å². The van der Waals surface area contributed by atoms with Crippen LogP contribution in [0.25, 0.3) is 10.8 Å². The summed E-state index contributed by atoms with van der Waals surface area (Å²) in [5, 5.41) is 5.96. The van der Waals surface area contributed by atoms with E-state index in [9.17, 15) is 0 Å². The number of hydrogen-bond donors (Lipinski definition) is 1. The maximum atomic E-state index is 5.89. The first-order chi connectivity index (χ1) is 12.9. The lowest BCUT2D eigenvalue weighted by Gasteiger charge is -2.28. The molecule has 1 aromatic heterocycles. The molecule has 0 saturated carbocycles. The van der Waals surface area contributed by atoms with Crippen LogP contribution in [0.1, 0.15) is 12.0 Å². The molecule has 26 heavy (non-hydrogen) atoms. The van der Waals surface area contributed by atoms with Gasteiger partial charge in [-0.1, -0.05) is 48.5 Å². The van der Waals surface area contributed by atoms with Crippen LogP contribution in [0.4, 0.5) is 5.82 Å². The van der Waals surface area contributed by atoms with Gasteiger partial charge in [0.15, 0.2) is 0 Å². The molecule has 4 nitrogen and oxygen atoms in total. The Morgan fingerprint density at radius 2 is 1.77 bits per heavy atom. The fourth-order valence-corrected chi connectivity index (χ4v) is 3.40. The Bertz CT molecular complexity index is 859. The van der Waals surface area contributed by atoms with Gasteiger partial charge in [-0.05, 0) is 35.2 Å². The molecule has 2 heterocycles. The number of pyridine rings is 1. The summed E-state index contributed by atoms with van der Waals surface area (Å²) < 4.78 is 5.89. The monoisotopic (exact) mass is 347 g/mol. The molecule has 0 amide bonds. The highest BCUT2D eigenvalue weighted by atomic mass is 16.5. The molecule has 0 unspecified atom stereocenters. The van der Waals surface area contributed by atoms with Gasteiger partial charge in [0.25, 0.3) is 0 Å². The van der Waals surface area contributed by atoms with Crippen LogP contribution >= 0.6 is 0 Å². The topological polar surface area (TPSA) is 37.4 Å². The molecule has 0 radical (unpaired) electrons. The van der Waals surface area contributed by atoms with Crippen LogP contribution in [-0.2, 0) is 6.42 Å². The number of nitrogens with one attached hydrogen (secondary N) is 1. The largest absolute Gasteiger partial charge is 0.478 e. The van der Waals surface area contributed by atoms with Gasteiger partial charge in [0.2, 0.25) is 5.88 Å². The van der Waals surface area contributed by atoms with Crippen LogP contribution < -0.4 is 15.0 Å². The second-order valence-corrected chi connectivity index (χ2v) is 6.70. The second-order valence-electron chi connectivity index (χ2n) is 6.70. The van der Waals surface area contributed by atoms with E-state index in [0.29, 0.717) is 6.61 Å². The van der Waals surface area contributed by atoms with Gasteiger partial charge in [-0.2, -0.15) is 4.98 Å². The van der Waals surface area contributed by atoms with Gasteiger partial charge in [0.05, 0.1) is 6.61 Å². The predicted molar refractivity (Wildman–Crippen MR) is 107 cm³/mol. The van der Waals surface area contributed by atoms with E-state index in [1.54, 1.807) is 0 Å². The number of piperazine rings is 1. The zero-order chi connectivity index (χ0) is 17.6. The Labute approximate surface area is 154 Å². The maximum absolute atomic E-state index is 5.89. The molecule has 4 rings (SSSR count). The van der Waals surface area contributed by atoms with Gasteiger partial charge < -0.3 is 15.0 Å². The number of hydrogen-bond acceptors (Lipinski definition) is 4. The third kappa shape index (κ3) is 4.14. The van der Waals surface area contributed by atoms with Gasteiger partial charge in [0.1, 0.15) is 5.82 Å². The van der Waals surface area contributed by atoms with E-state index in [1.807, 2.05) is 12.1 Å². The molecule has 3 aromatic rings. The summed E-state index contributed by atoms with van der Waals surface area (Å²) in [5.41, 5.74) is 1.36. The fraction of sp³-hybridized carbons (Fsp3) is 0.318. The average molecular weight is 347 g/mol. The summed E-state index contributed by atoms with van der Waals surface area (Å²) in [7, 11) is 0. The Morgan fingerprint density at radius 1 is 0.923 bits per heavy atom. The van der Waals surface area contributed by atoms with Crippen LogP contribution in [0.15, 0.2) is 60.7 Å². The molecule has 1 fully saturated rings. The van der Waals surface area contributed by atoms with Gasteiger partial charge in [-0.15, -0.1) is 0 Å². The second kappa shape index (κ2) is 8.19. The first kappa shape index (κ1) is 16.9. The summed E-state index contributed by atoms with van der Waals surface area (Å²) in [4.78, 5) is 6.96. The van der Waals surface area contributed by atoms with Gasteiger partial charge in [-0.25, -0.2) is 0 Å². The predicted octanol–water partition coefficient (Wildman–Crippen LogP) is 3.66. The number of benzene rings is 2. The van der Waals surface area contributed by atoms with Crippen molar-refractivity contribution >= 4 is 16.6 Å². The Morgan fingerprint density at radius 3 is 2.65 bits per heavy atom. The number of fused-ring (bicyclic) bond motifs is 1. The van der Waals surface area contributed by atoms with Crippen molar-refractivity contribution in [3.05, 3.63) is 66.2 Å². The molecule has 1 aliphatic heterocycles. The smallest absolute Gasteiger partial charge is 0.215 e. The van der Waals surface area contributed by atoms with Crippen LogP contribution in [0, 0.1) is 0 Å². The highest BCUT2D eigenvalue weighted by Gasteiger charge is 2.12. The van der Waals surface area contributed by atoms with Crippen molar-refractivity contribution in [2.45, 2.75) is 12.8 Å². The number of nitrogens with zero attached hydrogens (tertiary/aromatic N) is 2. The Balaban J connectivity index is 1.30. The minimum atomic E-state index is 0.685. The lowest BCUT2D eigenvalue weighted by atomic mass is 10.0. The number of anilines is 1. The average Bonchev–Trinajstić information content (AvgIpc) is 2.72. The van der Waals surface area contributed by atoms with Crippen LogP contribution in [0.3, 0.4) is 0 Å². The van der Waals surface area contributed by atoms with Crippen LogP contribution in [0.2, 0.25) is 0 Å². The number of aromatic nitrogens is 1. The first-order valence-corrected chi connectivity index (χ1v) is 9.42. The van der Waals surface area contributed by atoms with Crippen molar-refractivity contribution in [2.75, 3.05) is 37.7 Å². The number of ether oxygens (including phenoxy) is 1. The lowest BCUT2D eigenvalue weighted by molar-refractivity contribution is 0.299. The highest BCUT2D eigenvalue weighted by Crippen LogP contribution is 2.18. The molecule has 4 heteroatoms. The van der Waals surface area contributed by atoms with Gasteiger partial charge >= 0.3 is 0 Å². The van der Waals surface area contributed by atoms with Gasteiger partial charge in [-0.3, -0.25) is 0 Å². The number of aryl methyl sites for hydroxylation is 1.